The number of hydrogen-bond donors (Lipinski definition) is 1. The van der Waals surface area contributed by atoms with Crippen molar-refractivity contribution in [1.29, 1.82) is 0 Å². The van der Waals surface area contributed by atoms with E-state index in [1.807, 2.05) is 49.4 Å². The van der Waals surface area contributed by atoms with Crippen molar-refractivity contribution in [2.24, 2.45) is 0 Å². The number of ketones is 1. The minimum atomic E-state index is -0.331. The average molecular weight is 424 g/mol. The van der Waals surface area contributed by atoms with Crippen LogP contribution in [0.5, 0.6) is 0 Å². The summed E-state index contributed by atoms with van der Waals surface area (Å²) in [5, 5.41) is 3.54. The topological polar surface area (TPSA) is 59.3 Å². The summed E-state index contributed by atoms with van der Waals surface area (Å²) >= 11 is 0. The SMILES string of the molecule is Cc1ccc(C(=O)c2oc3ccccc3c2NC(=O)/C=C/c2ccc(C(C)C)cc2)cc1. The number of anilines is 1. The first kappa shape index (κ1) is 21.3. The maximum atomic E-state index is 13.1. The molecule has 1 heterocycles. The Morgan fingerprint density at radius 2 is 1.59 bits per heavy atom. The number of hydrogen-bond acceptors (Lipinski definition) is 3. The molecule has 4 aromatic rings. The molecular formula is C28H25NO3. The summed E-state index contributed by atoms with van der Waals surface area (Å²) in [6.45, 7) is 6.25. The van der Waals surface area contributed by atoms with Crippen LogP contribution in [0.25, 0.3) is 17.0 Å². The van der Waals surface area contributed by atoms with Crippen molar-refractivity contribution in [2.45, 2.75) is 26.7 Å². The average Bonchev–Trinajstić information content (AvgIpc) is 3.16. The molecule has 1 N–H and O–H groups in total. The van der Waals surface area contributed by atoms with Crippen LogP contribution < -0.4 is 5.32 Å². The molecule has 0 aliphatic carbocycles. The highest BCUT2D eigenvalue weighted by Gasteiger charge is 2.22. The first-order valence-electron chi connectivity index (χ1n) is 10.6. The molecule has 0 spiro atoms. The van der Waals surface area contributed by atoms with E-state index in [1.165, 1.54) is 11.6 Å². The van der Waals surface area contributed by atoms with Crippen LogP contribution in [0.3, 0.4) is 0 Å². The number of rotatable bonds is 6. The fraction of sp³-hybridized carbons (Fsp3) is 0.143. The highest BCUT2D eigenvalue weighted by molar-refractivity contribution is 6.18. The van der Waals surface area contributed by atoms with E-state index in [1.54, 1.807) is 24.3 Å². The van der Waals surface area contributed by atoms with Gasteiger partial charge in [0.15, 0.2) is 5.76 Å². The molecule has 1 amide bonds. The minimum Gasteiger partial charge on any atom is -0.450 e. The number of furan rings is 1. The molecule has 0 fully saturated rings. The zero-order valence-electron chi connectivity index (χ0n) is 18.4. The second-order valence-corrected chi connectivity index (χ2v) is 8.14. The number of nitrogens with one attached hydrogen (secondary N) is 1. The van der Waals surface area contributed by atoms with Gasteiger partial charge in [0.25, 0.3) is 0 Å². The number of carbonyl (C=O) groups is 2. The van der Waals surface area contributed by atoms with Crippen molar-refractivity contribution in [3.63, 3.8) is 0 Å². The molecule has 0 aliphatic heterocycles. The van der Waals surface area contributed by atoms with Crippen LogP contribution in [0.4, 0.5) is 5.69 Å². The van der Waals surface area contributed by atoms with Gasteiger partial charge in [-0.1, -0.05) is 80.1 Å². The summed E-state index contributed by atoms with van der Waals surface area (Å²) in [6, 6.07) is 22.7. The smallest absolute Gasteiger partial charge is 0.248 e. The molecule has 0 bridgehead atoms. The van der Waals surface area contributed by atoms with E-state index >= 15 is 0 Å². The lowest BCUT2D eigenvalue weighted by Crippen LogP contribution is -2.11. The monoisotopic (exact) mass is 423 g/mol. The zero-order chi connectivity index (χ0) is 22.7. The van der Waals surface area contributed by atoms with Gasteiger partial charge < -0.3 is 9.73 Å². The van der Waals surface area contributed by atoms with Gasteiger partial charge in [0.05, 0.1) is 5.69 Å². The molecule has 0 saturated heterocycles. The summed E-state index contributed by atoms with van der Waals surface area (Å²) in [4.78, 5) is 25.8. The van der Waals surface area contributed by atoms with Gasteiger partial charge in [-0.3, -0.25) is 9.59 Å². The van der Waals surface area contributed by atoms with Gasteiger partial charge in [-0.2, -0.15) is 0 Å². The normalized spacial score (nSPS) is 11.4. The van der Waals surface area contributed by atoms with Gasteiger partial charge in [-0.15, -0.1) is 0 Å². The van der Waals surface area contributed by atoms with Gasteiger partial charge in [-0.25, -0.2) is 0 Å². The van der Waals surface area contributed by atoms with Gasteiger partial charge in [0, 0.05) is 17.0 Å². The van der Waals surface area contributed by atoms with Crippen LogP contribution in [-0.2, 0) is 4.79 Å². The second-order valence-electron chi connectivity index (χ2n) is 8.14. The molecule has 0 atom stereocenters. The Bertz CT molecular complexity index is 1290. The van der Waals surface area contributed by atoms with E-state index in [-0.39, 0.29) is 17.5 Å². The van der Waals surface area contributed by atoms with Crippen LogP contribution in [0.1, 0.15) is 52.6 Å². The summed E-state index contributed by atoms with van der Waals surface area (Å²) in [7, 11) is 0. The zero-order valence-corrected chi connectivity index (χ0v) is 18.4. The van der Waals surface area contributed by atoms with E-state index in [9.17, 15) is 9.59 Å². The lowest BCUT2D eigenvalue weighted by molar-refractivity contribution is -0.111. The predicted octanol–water partition coefficient (Wildman–Crippen LogP) is 6.75. The van der Waals surface area contributed by atoms with E-state index in [0.717, 1.165) is 11.1 Å². The largest absolute Gasteiger partial charge is 0.450 e. The van der Waals surface area contributed by atoms with E-state index < -0.39 is 0 Å². The van der Waals surface area contributed by atoms with Crippen molar-refractivity contribution >= 4 is 34.4 Å². The van der Waals surface area contributed by atoms with E-state index in [4.69, 9.17) is 4.42 Å². The Labute approximate surface area is 187 Å². The lowest BCUT2D eigenvalue weighted by Gasteiger charge is -2.05. The Kier molecular flexibility index (Phi) is 6.04. The van der Waals surface area contributed by atoms with Crippen molar-refractivity contribution in [1.82, 2.24) is 0 Å². The number of carbonyl (C=O) groups excluding carboxylic acids is 2. The standard InChI is InChI=1S/C28H25NO3/c1-18(2)21-15-10-20(11-16-21)12-17-25(30)29-26-23-6-4-5-7-24(23)32-28(26)27(31)22-13-8-19(3)9-14-22/h4-18H,1-3H3,(H,29,30)/b17-12+. The molecule has 1 aromatic heterocycles. The Balaban J connectivity index is 1.61. The first-order chi connectivity index (χ1) is 15.4. The van der Waals surface area contributed by atoms with Crippen LogP contribution >= 0.6 is 0 Å². The third-order valence-electron chi connectivity index (χ3n) is 5.39. The van der Waals surface area contributed by atoms with E-state index in [0.29, 0.717) is 28.1 Å². The number of amides is 1. The molecule has 3 aromatic carbocycles. The maximum Gasteiger partial charge on any atom is 0.248 e. The van der Waals surface area contributed by atoms with Crippen molar-refractivity contribution in [3.8, 4) is 0 Å². The highest BCUT2D eigenvalue weighted by Crippen LogP contribution is 2.32. The fourth-order valence-corrected chi connectivity index (χ4v) is 3.49. The fourth-order valence-electron chi connectivity index (χ4n) is 3.49. The maximum absolute atomic E-state index is 13.1. The van der Waals surface area contributed by atoms with Crippen molar-refractivity contribution in [2.75, 3.05) is 5.32 Å². The number of para-hydroxylation sites is 1. The summed E-state index contributed by atoms with van der Waals surface area (Å²) in [5.41, 5.74) is 4.67. The number of fused-ring (bicyclic) bond motifs is 1. The summed E-state index contributed by atoms with van der Waals surface area (Å²) in [6.07, 6.45) is 3.22. The summed E-state index contributed by atoms with van der Waals surface area (Å²) < 4.78 is 5.86. The molecular weight excluding hydrogens is 398 g/mol. The lowest BCUT2D eigenvalue weighted by atomic mass is 10.0. The molecule has 0 unspecified atom stereocenters. The quantitative estimate of drug-likeness (QED) is 0.276. The van der Waals surface area contributed by atoms with Crippen LogP contribution in [0.15, 0.2) is 83.3 Å². The molecule has 4 rings (SSSR count). The highest BCUT2D eigenvalue weighted by atomic mass is 16.3. The summed E-state index contributed by atoms with van der Waals surface area (Å²) in [5.74, 6) is -0.0273. The van der Waals surface area contributed by atoms with Crippen molar-refractivity contribution in [3.05, 3.63) is 107 Å². The van der Waals surface area contributed by atoms with E-state index in [2.05, 4.69) is 31.3 Å². The van der Waals surface area contributed by atoms with Gasteiger partial charge in [-0.05, 0) is 42.2 Å². The number of benzene rings is 3. The molecule has 4 heteroatoms. The Morgan fingerprint density at radius 1 is 0.906 bits per heavy atom. The molecule has 0 radical (unpaired) electrons. The first-order valence-corrected chi connectivity index (χ1v) is 10.6. The van der Waals surface area contributed by atoms with Gasteiger partial charge >= 0.3 is 0 Å². The Morgan fingerprint density at radius 3 is 2.28 bits per heavy atom. The third kappa shape index (κ3) is 4.54. The minimum absolute atomic E-state index is 0.123. The van der Waals surface area contributed by atoms with Crippen LogP contribution in [-0.4, -0.2) is 11.7 Å². The molecule has 0 aliphatic rings. The molecule has 0 saturated carbocycles. The predicted molar refractivity (Wildman–Crippen MR) is 129 cm³/mol. The molecule has 32 heavy (non-hydrogen) atoms. The molecule has 4 nitrogen and oxygen atoms in total. The van der Waals surface area contributed by atoms with Crippen molar-refractivity contribution < 1.29 is 14.0 Å². The van der Waals surface area contributed by atoms with Gasteiger partial charge in [0.1, 0.15) is 5.58 Å². The third-order valence-corrected chi connectivity index (χ3v) is 5.39. The molecule has 160 valence electrons. The van der Waals surface area contributed by atoms with Crippen LogP contribution in [0.2, 0.25) is 0 Å². The van der Waals surface area contributed by atoms with Crippen LogP contribution in [0, 0.1) is 6.92 Å². The Hall–Kier alpha value is -3.92. The number of aryl methyl sites for hydroxylation is 1. The second kappa shape index (κ2) is 9.06. The van der Waals surface area contributed by atoms with Gasteiger partial charge in [0.2, 0.25) is 11.7 Å².